The molecule has 19 heavy (non-hydrogen) atoms. The molecule has 0 fully saturated rings. The Morgan fingerprint density at radius 1 is 1.16 bits per heavy atom. The van der Waals surface area contributed by atoms with Gasteiger partial charge >= 0.3 is 0 Å². The molecule has 1 aliphatic heterocycles. The first-order chi connectivity index (χ1) is 9.18. The number of nitrogens with two attached hydrogens (primary N) is 1. The Labute approximate surface area is 125 Å². The number of rotatable bonds is 2. The molecule has 98 valence electrons. The van der Waals surface area contributed by atoms with Crippen molar-refractivity contribution in [2.24, 2.45) is 5.73 Å². The summed E-state index contributed by atoms with van der Waals surface area (Å²) in [6.07, 6.45) is 0.947. The minimum Gasteiger partial charge on any atom is -0.493 e. The largest absolute Gasteiger partial charge is 0.493 e. The van der Waals surface area contributed by atoms with Crippen molar-refractivity contribution in [3.8, 4) is 5.75 Å². The second kappa shape index (κ2) is 5.16. The molecule has 1 aliphatic rings. The van der Waals surface area contributed by atoms with Crippen molar-refractivity contribution < 1.29 is 4.74 Å². The third-order valence-corrected chi connectivity index (χ3v) is 4.71. The van der Waals surface area contributed by atoms with E-state index in [1.165, 1.54) is 5.56 Å². The van der Waals surface area contributed by atoms with Crippen LogP contribution in [0, 0.1) is 0 Å². The predicted molar refractivity (Wildman–Crippen MR) is 80.8 cm³/mol. The fourth-order valence-corrected chi connectivity index (χ4v) is 3.04. The molecule has 2 N–H and O–H groups in total. The Balaban J connectivity index is 2.08. The number of hydrogen-bond acceptors (Lipinski definition) is 2. The molecule has 2 aromatic rings. The molecule has 0 aliphatic carbocycles. The van der Waals surface area contributed by atoms with Crippen molar-refractivity contribution in [2.45, 2.75) is 12.5 Å². The van der Waals surface area contributed by atoms with Gasteiger partial charge in [0.1, 0.15) is 5.75 Å². The Kier molecular flexibility index (Phi) is 3.52. The van der Waals surface area contributed by atoms with Crippen molar-refractivity contribution in [3.05, 3.63) is 62.6 Å². The standard InChI is InChI=1S/C15H13BrClNO/c16-12-6-2-4-10(13(12)17)14(18)11-5-1-3-9-7-8-19-15(9)11/h1-6,14H,7-8,18H2. The van der Waals surface area contributed by atoms with Crippen LogP contribution in [0.25, 0.3) is 0 Å². The normalized spacial score (nSPS) is 14.9. The van der Waals surface area contributed by atoms with Gasteiger partial charge in [-0.15, -0.1) is 0 Å². The van der Waals surface area contributed by atoms with Gasteiger partial charge < -0.3 is 10.5 Å². The minimum absolute atomic E-state index is 0.280. The van der Waals surface area contributed by atoms with Crippen LogP contribution in [0.1, 0.15) is 22.7 Å². The van der Waals surface area contributed by atoms with Gasteiger partial charge in [0.2, 0.25) is 0 Å². The van der Waals surface area contributed by atoms with Crippen LogP contribution < -0.4 is 10.5 Å². The van der Waals surface area contributed by atoms with E-state index in [9.17, 15) is 0 Å². The maximum Gasteiger partial charge on any atom is 0.127 e. The highest BCUT2D eigenvalue weighted by Crippen LogP contribution is 2.38. The molecule has 4 heteroatoms. The number of fused-ring (bicyclic) bond motifs is 1. The topological polar surface area (TPSA) is 35.2 Å². The van der Waals surface area contributed by atoms with Crippen LogP contribution in [0.3, 0.4) is 0 Å². The Morgan fingerprint density at radius 3 is 2.74 bits per heavy atom. The van der Waals surface area contributed by atoms with E-state index in [2.05, 4.69) is 22.0 Å². The van der Waals surface area contributed by atoms with Gasteiger partial charge in [-0.05, 0) is 33.1 Å². The molecular weight excluding hydrogens is 326 g/mol. The van der Waals surface area contributed by atoms with E-state index in [0.29, 0.717) is 5.02 Å². The zero-order valence-corrected chi connectivity index (χ0v) is 12.5. The van der Waals surface area contributed by atoms with E-state index in [1.807, 2.05) is 30.3 Å². The summed E-state index contributed by atoms with van der Waals surface area (Å²) in [6, 6.07) is 11.6. The summed E-state index contributed by atoms with van der Waals surface area (Å²) in [7, 11) is 0. The molecule has 2 aromatic carbocycles. The zero-order valence-electron chi connectivity index (χ0n) is 10.2. The number of ether oxygens (including phenoxy) is 1. The molecule has 0 spiro atoms. The second-order valence-corrected chi connectivity index (χ2v) is 5.79. The lowest BCUT2D eigenvalue weighted by Crippen LogP contribution is -2.13. The van der Waals surface area contributed by atoms with E-state index in [1.54, 1.807) is 0 Å². The van der Waals surface area contributed by atoms with Crippen molar-refractivity contribution in [1.29, 1.82) is 0 Å². The van der Waals surface area contributed by atoms with Crippen LogP contribution in [-0.4, -0.2) is 6.61 Å². The lowest BCUT2D eigenvalue weighted by Gasteiger charge is -2.17. The van der Waals surface area contributed by atoms with Gasteiger partial charge in [-0.3, -0.25) is 0 Å². The first kappa shape index (κ1) is 13.0. The summed E-state index contributed by atoms with van der Waals surface area (Å²) in [5.41, 5.74) is 9.49. The zero-order chi connectivity index (χ0) is 13.4. The van der Waals surface area contributed by atoms with Crippen LogP contribution in [-0.2, 0) is 6.42 Å². The third kappa shape index (κ3) is 2.27. The molecule has 2 nitrogen and oxygen atoms in total. The SMILES string of the molecule is NC(c1cccc(Br)c1Cl)c1cccc2c1OCC2. The highest BCUT2D eigenvalue weighted by Gasteiger charge is 2.22. The maximum absolute atomic E-state index is 6.37. The average Bonchev–Trinajstić information content (AvgIpc) is 2.89. The Morgan fingerprint density at radius 2 is 1.89 bits per heavy atom. The summed E-state index contributed by atoms with van der Waals surface area (Å²) >= 11 is 9.75. The molecule has 3 rings (SSSR count). The van der Waals surface area contributed by atoms with Crippen LogP contribution in [0.15, 0.2) is 40.9 Å². The monoisotopic (exact) mass is 337 g/mol. The molecule has 0 amide bonds. The maximum atomic E-state index is 6.37. The molecule has 0 aromatic heterocycles. The van der Waals surface area contributed by atoms with Crippen LogP contribution >= 0.6 is 27.5 Å². The molecule has 0 saturated heterocycles. The lowest BCUT2D eigenvalue weighted by atomic mass is 9.96. The van der Waals surface area contributed by atoms with Crippen molar-refractivity contribution in [1.82, 2.24) is 0 Å². The summed E-state index contributed by atoms with van der Waals surface area (Å²) in [5, 5.41) is 0.658. The van der Waals surface area contributed by atoms with E-state index >= 15 is 0 Å². The molecule has 1 unspecified atom stereocenters. The van der Waals surface area contributed by atoms with E-state index in [-0.39, 0.29) is 6.04 Å². The van der Waals surface area contributed by atoms with Crippen LogP contribution in [0.2, 0.25) is 5.02 Å². The minimum atomic E-state index is -0.280. The van der Waals surface area contributed by atoms with Gasteiger partial charge in [0.15, 0.2) is 0 Å². The van der Waals surface area contributed by atoms with E-state index in [0.717, 1.165) is 34.4 Å². The van der Waals surface area contributed by atoms with Gasteiger partial charge in [-0.2, -0.15) is 0 Å². The number of para-hydroxylation sites is 1. The van der Waals surface area contributed by atoms with Gasteiger partial charge in [0, 0.05) is 16.5 Å². The van der Waals surface area contributed by atoms with Gasteiger partial charge in [0.25, 0.3) is 0 Å². The van der Waals surface area contributed by atoms with Gasteiger partial charge in [0.05, 0.1) is 17.7 Å². The van der Waals surface area contributed by atoms with Gasteiger partial charge in [-0.1, -0.05) is 41.9 Å². The van der Waals surface area contributed by atoms with Crippen molar-refractivity contribution in [3.63, 3.8) is 0 Å². The van der Waals surface area contributed by atoms with Crippen molar-refractivity contribution in [2.75, 3.05) is 6.61 Å². The number of halogens is 2. The second-order valence-electron chi connectivity index (χ2n) is 4.55. The predicted octanol–water partition coefficient (Wildman–Crippen LogP) is 4.09. The summed E-state index contributed by atoms with van der Waals surface area (Å²) in [6.45, 7) is 0.727. The Hall–Kier alpha value is -1.03. The number of hydrogen-bond donors (Lipinski definition) is 1. The quantitative estimate of drug-likeness (QED) is 0.895. The number of benzene rings is 2. The smallest absolute Gasteiger partial charge is 0.127 e. The summed E-state index contributed by atoms with van der Waals surface area (Å²) in [4.78, 5) is 0. The molecular formula is C15H13BrClNO. The highest BCUT2D eigenvalue weighted by molar-refractivity contribution is 9.10. The first-order valence-electron chi connectivity index (χ1n) is 6.12. The van der Waals surface area contributed by atoms with Crippen LogP contribution in [0.4, 0.5) is 0 Å². The van der Waals surface area contributed by atoms with Gasteiger partial charge in [-0.25, -0.2) is 0 Å². The average molecular weight is 339 g/mol. The Bertz CT molecular complexity index is 630. The lowest BCUT2D eigenvalue weighted by molar-refractivity contribution is 0.352. The van der Waals surface area contributed by atoms with E-state index in [4.69, 9.17) is 22.1 Å². The fraction of sp³-hybridized carbons (Fsp3) is 0.200. The van der Waals surface area contributed by atoms with Crippen LogP contribution in [0.5, 0.6) is 5.75 Å². The molecule has 1 atom stereocenters. The highest BCUT2D eigenvalue weighted by atomic mass is 79.9. The molecule has 1 heterocycles. The molecule has 0 bridgehead atoms. The first-order valence-corrected chi connectivity index (χ1v) is 7.29. The summed E-state index contributed by atoms with van der Waals surface area (Å²) < 4.78 is 6.56. The summed E-state index contributed by atoms with van der Waals surface area (Å²) in [5.74, 6) is 0.922. The third-order valence-electron chi connectivity index (χ3n) is 3.40. The van der Waals surface area contributed by atoms with E-state index < -0.39 is 0 Å². The fourth-order valence-electron chi connectivity index (χ4n) is 2.41. The molecule has 0 radical (unpaired) electrons. The molecule has 0 saturated carbocycles. The van der Waals surface area contributed by atoms with Crippen molar-refractivity contribution >= 4 is 27.5 Å².